The van der Waals surface area contributed by atoms with Crippen LogP contribution in [0.1, 0.15) is 58.7 Å². The Bertz CT molecular complexity index is 1150. The standard InChI is InChI=1S/C23H33N5O3S/c1-14(2)13-28-19-18(22(30)27(5)23(28)31)21(26-16(4)25-19)32-15(3)20(29)24-12-11-17-9-7-6-8-10-17/h9,14-15H,6-8,10-13H2,1-5H3,(H,24,29). The number of carbonyl (C=O) groups is 1. The van der Waals surface area contributed by atoms with Gasteiger partial charge >= 0.3 is 5.69 Å². The molecule has 1 amide bonds. The summed E-state index contributed by atoms with van der Waals surface area (Å²) in [5.74, 6) is 0.564. The van der Waals surface area contributed by atoms with Crippen molar-refractivity contribution in [2.75, 3.05) is 6.54 Å². The van der Waals surface area contributed by atoms with Crippen LogP contribution in [0, 0.1) is 12.8 Å². The Labute approximate surface area is 192 Å². The largest absolute Gasteiger partial charge is 0.355 e. The van der Waals surface area contributed by atoms with E-state index in [4.69, 9.17) is 0 Å². The molecule has 1 unspecified atom stereocenters. The topological polar surface area (TPSA) is 98.9 Å². The average molecular weight is 460 g/mol. The average Bonchev–Trinajstić information content (AvgIpc) is 2.75. The van der Waals surface area contributed by atoms with Crippen molar-refractivity contribution in [2.45, 2.75) is 76.6 Å². The second kappa shape index (κ2) is 10.5. The lowest BCUT2D eigenvalue weighted by molar-refractivity contribution is -0.120. The quantitative estimate of drug-likeness (QED) is 0.370. The third-order valence-corrected chi connectivity index (χ3v) is 6.68. The van der Waals surface area contributed by atoms with Crippen molar-refractivity contribution in [3.63, 3.8) is 0 Å². The van der Waals surface area contributed by atoms with Crippen LogP contribution in [-0.4, -0.2) is 36.8 Å². The van der Waals surface area contributed by atoms with Crippen molar-refractivity contribution in [3.8, 4) is 0 Å². The highest BCUT2D eigenvalue weighted by atomic mass is 32.2. The van der Waals surface area contributed by atoms with Crippen LogP contribution < -0.4 is 16.6 Å². The fourth-order valence-electron chi connectivity index (χ4n) is 3.90. The molecule has 174 valence electrons. The molecule has 0 bridgehead atoms. The van der Waals surface area contributed by atoms with Gasteiger partial charge < -0.3 is 5.32 Å². The number of fused-ring (bicyclic) bond motifs is 1. The van der Waals surface area contributed by atoms with E-state index in [1.807, 2.05) is 13.8 Å². The number of nitrogens with zero attached hydrogens (tertiary/aromatic N) is 4. The zero-order valence-electron chi connectivity index (χ0n) is 19.6. The molecule has 0 aromatic carbocycles. The van der Waals surface area contributed by atoms with E-state index in [9.17, 15) is 14.4 Å². The number of thioether (sulfide) groups is 1. The number of nitrogens with one attached hydrogen (secondary N) is 1. The summed E-state index contributed by atoms with van der Waals surface area (Å²) in [6.07, 6.45) is 7.89. The molecule has 9 heteroatoms. The maximum Gasteiger partial charge on any atom is 0.332 e. The minimum absolute atomic E-state index is 0.0943. The smallest absolute Gasteiger partial charge is 0.332 e. The van der Waals surface area contributed by atoms with Crippen LogP contribution >= 0.6 is 11.8 Å². The molecule has 2 aromatic heterocycles. The van der Waals surface area contributed by atoms with Crippen molar-refractivity contribution >= 4 is 28.7 Å². The van der Waals surface area contributed by atoms with Gasteiger partial charge in [-0.25, -0.2) is 14.8 Å². The molecule has 0 saturated carbocycles. The maximum atomic E-state index is 13.0. The molecule has 8 nitrogen and oxygen atoms in total. The van der Waals surface area contributed by atoms with Gasteiger partial charge in [0.2, 0.25) is 5.91 Å². The van der Waals surface area contributed by atoms with Crippen molar-refractivity contribution in [2.24, 2.45) is 13.0 Å². The van der Waals surface area contributed by atoms with E-state index in [1.54, 1.807) is 13.8 Å². The summed E-state index contributed by atoms with van der Waals surface area (Å²) >= 11 is 1.23. The molecule has 32 heavy (non-hydrogen) atoms. The lowest BCUT2D eigenvalue weighted by Gasteiger charge is -2.17. The SMILES string of the molecule is Cc1nc(SC(C)C(=O)NCCC2=CCCCC2)c2c(=O)n(C)c(=O)n(CC(C)C)c2n1. The summed E-state index contributed by atoms with van der Waals surface area (Å²) in [4.78, 5) is 47.3. The van der Waals surface area contributed by atoms with Crippen LogP contribution in [0.5, 0.6) is 0 Å². The predicted octanol–water partition coefficient (Wildman–Crippen LogP) is 2.94. The van der Waals surface area contributed by atoms with Gasteiger partial charge in [0, 0.05) is 20.1 Å². The molecular weight excluding hydrogens is 426 g/mol. The van der Waals surface area contributed by atoms with Crippen LogP contribution in [-0.2, 0) is 18.4 Å². The first-order valence-corrected chi connectivity index (χ1v) is 12.2. The first-order chi connectivity index (χ1) is 15.2. The van der Waals surface area contributed by atoms with Gasteiger partial charge in [-0.15, -0.1) is 0 Å². The van der Waals surface area contributed by atoms with E-state index < -0.39 is 16.5 Å². The molecule has 2 aromatic rings. The Morgan fingerprint density at radius 3 is 2.62 bits per heavy atom. The highest BCUT2D eigenvalue weighted by Crippen LogP contribution is 2.27. The summed E-state index contributed by atoms with van der Waals surface area (Å²) in [6, 6.07) is 0. The van der Waals surface area contributed by atoms with Crippen LogP contribution in [0.25, 0.3) is 11.0 Å². The van der Waals surface area contributed by atoms with Crippen LogP contribution in [0.4, 0.5) is 0 Å². The molecule has 0 fully saturated rings. The molecule has 0 spiro atoms. The van der Waals surface area contributed by atoms with Gasteiger partial charge in [0.25, 0.3) is 5.56 Å². The monoisotopic (exact) mass is 459 g/mol. The fraction of sp³-hybridized carbons (Fsp3) is 0.609. The summed E-state index contributed by atoms with van der Waals surface area (Å²) in [5.41, 5.74) is 0.914. The third-order valence-electron chi connectivity index (χ3n) is 5.60. The maximum absolute atomic E-state index is 13.0. The normalized spacial score (nSPS) is 15.1. The molecule has 1 atom stereocenters. The molecular formula is C23H33N5O3S. The molecule has 0 saturated heterocycles. The molecule has 1 aliphatic carbocycles. The van der Waals surface area contributed by atoms with Crippen molar-refractivity contribution in [3.05, 3.63) is 38.3 Å². The first-order valence-electron chi connectivity index (χ1n) is 11.3. The first kappa shape index (κ1) is 24.2. The Morgan fingerprint density at radius 2 is 1.97 bits per heavy atom. The van der Waals surface area contributed by atoms with Crippen molar-refractivity contribution < 1.29 is 4.79 Å². The second-order valence-corrected chi connectivity index (χ2v) is 10.2. The molecule has 2 heterocycles. The number of amides is 1. The number of rotatable bonds is 8. The zero-order chi connectivity index (χ0) is 23.4. The van der Waals surface area contributed by atoms with Crippen molar-refractivity contribution in [1.82, 2.24) is 24.4 Å². The molecule has 1 N–H and O–H groups in total. The summed E-state index contributed by atoms with van der Waals surface area (Å²) in [5, 5.41) is 3.28. The Morgan fingerprint density at radius 1 is 1.22 bits per heavy atom. The highest BCUT2D eigenvalue weighted by Gasteiger charge is 2.22. The minimum atomic E-state index is -0.442. The van der Waals surface area contributed by atoms with Crippen molar-refractivity contribution in [1.29, 1.82) is 0 Å². The van der Waals surface area contributed by atoms with Gasteiger partial charge in [-0.05, 0) is 51.9 Å². The van der Waals surface area contributed by atoms with Gasteiger partial charge in [-0.3, -0.25) is 18.7 Å². The highest BCUT2D eigenvalue weighted by molar-refractivity contribution is 8.00. The lowest BCUT2D eigenvalue weighted by atomic mass is 9.97. The second-order valence-electron chi connectivity index (χ2n) is 8.84. The summed E-state index contributed by atoms with van der Waals surface area (Å²) in [7, 11) is 1.46. The van der Waals surface area contributed by atoms with Crippen LogP contribution in [0.2, 0.25) is 0 Å². The Balaban J connectivity index is 1.85. The lowest BCUT2D eigenvalue weighted by Crippen LogP contribution is -2.40. The third kappa shape index (κ3) is 5.49. The van der Waals surface area contributed by atoms with E-state index in [-0.39, 0.29) is 17.2 Å². The number of hydrogen-bond donors (Lipinski definition) is 1. The number of allylic oxidation sites excluding steroid dienone is 1. The zero-order valence-corrected chi connectivity index (χ0v) is 20.4. The fourth-order valence-corrected chi connectivity index (χ4v) is 4.91. The number of carbonyl (C=O) groups excluding carboxylic acids is 1. The van der Waals surface area contributed by atoms with E-state index >= 15 is 0 Å². The van der Waals surface area contributed by atoms with E-state index in [0.717, 1.165) is 23.8 Å². The number of aromatic nitrogens is 4. The molecule has 3 rings (SSSR count). The molecule has 0 aliphatic heterocycles. The van der Waals surface area contributed by atoms with Crippen LogP contribution in [0.3, 0.4) is 0 Å². The van der Waals surface area contributed by atoms with Gasteiger partial charge in [-0.1, -0.05) is 37.3 Å². The van der Waals surface area contributed by atoms with Crippen LogP contribution in [0.15, 0.2) is 26.3 Å². The summed E-state index contributed by atoms with van der Waals surface area (Å²) in [6.45, 7) is 8.59. The Kier molecular flexibility index (Phi) is 7.92. The van der Waals surface area contributed by atoms with E-state index in [2.05, 4.69) is 21.4 Å². The molecule has 1 aliphatic rings. The molecule has 0 radical (unpaired) electrons. The van der Waals surface area contributed by atoms with Gasteiger partial charge in [0.1, 0.15) is 16.2 Å². The minimum Gasteiger partial charge on any atom is -0.355 e. The van der Waals surface area contributed by atoms with Gasteiger partial charge in [-0.2, -0.15) is 0 Å². The summed E-state index contributed by atoms with van der Waals surface area (Å²) < 4.78 is 2.62. The van der Waals surface area contributed by atoms with Gasteiger partial charge in [0.15, 0.2) is 5.65 Å². The van der Waals surface area contributed by atoms with E-state index in [0.29, 0.717) is 29.6 Å². The predicted molar refractivity (Wildman–Crippen MR) is 128 cm³/mol. The number of hydrogen-bond acceptors (Lipinski definition) is 6. The van der Waals surface area contributed by atoms with Gasteiger partial charge in [0.05, 0.1) is 5.25 Å². The van der Waals surface area contributed by atoms with E-state index in [1.165, 1.54) is 41.8 Å². The Hall–Kier alpha value is -2.42. The number of aryl methyl sites for hydroxylation is 1.